The number of aromatic hydroxyl groups is 1. The quantitative estimate of drug-likeness (QED) is 0.309. The smallest absolute Gasteiger partial charge is 0.241 e. The van der Waals surface area contributed by atoms with Crippen LogP contribution in [0.15, 0.2) is 29.5 Å². The number of phenolic OH excluding ortho intramolecular Hbond substituents is 1. The van der Waals surface area contributed by atoms with Gasteiger partial charge < -0.3 is 24.4 Å². The molecule has 3 N–H and O–H groups in total. The molecule has 9 heteroatoms. The van der Waals surface area contributed by atoms with Crippen molar-refractivity contribution < 1.29 is 28.3 Å². The van der Waals surface area contributed by atoms with Crippen LogP contribution in [-0.2, 0) is 8.85 Å². The van der Waals surface area contributed by atoms with Crippen LogP contribution in [0.1, 0.15) is 34.1 Å². The summed E-state index contributed by atoms with van der Waals surface area (Å²) in [4.78, 5) is 28.1. The maximum atomic E-state index is 14.1. The van der Waals surface area contributed by atoms with Crippen molar-refractivity contribution in [2.45, 2.75) is 58.7 Å². The van der Waals surface area contributed by atoms with Crippen LogP contribution in [0, 0.1) is 11.8 Å². The Labute approximate surface area is 208 Å². The highest BCUT2D eigenvalue weighted by atomic mass is 28.4. The van der Waals surface area contributed by atoms with Crippen LogP contribution in [0.4, 0.5) is 5.69 Å². The van der Waals surface area contributed by atoms with E-state index in [1.165, 1.54) is 7.11 Å². The summed E-state index contributed by atoms with van der Waals surface area (Å²) in [5, 5.41) is 12.0. The predicted molar refractivity (Wildman–Crippen MR) is 142 cm³/mol. The van der Waals surface area contributed by atoms with Crippen molar-refractivity contribution in [3.05, 3.63) is 40.7 Å². The summed E-state index contributed by atoms with van der Waals surface area (Å²) in [7, 11) is -2.61. The van der Waals surface area contributed by atoms with Gasteiger partial charge in [0, 0.05) is 17.7 Å². The lowest BCUT2D eigenvalue weighted by Crippen LogP contribution is -2.51. The van der Waals surface area contributed by atoms with Crippen LogP contribution in [0.2, 0.25) is 39.3 Å². The molecule has 188 valence electrons. The summed E-state index contributed by atoms with van der Waals surface area (Å²) in [6.07, 6.45) is -0.294. The fourth-order valence-corrected chi connectivity index (χ4v) is 7.34. The average molecular weight is 514 g/mol. The van der Waals surface area contributed by atoms with Crippen LogP contribution >= 0.6 is 0 Å². The Morgan fingerprint density at radius 3 is 2.23 bits per heavy atom. The molecule has 0 unspecified atom stereocenters. The third kappa shape index (κ3) is 4.30. The Morgan fingerprint density at radius 2 is 1.66 bits per heavy atom. The molecule has 0 spiro atoms. The van der Waals surface area contributed by atoms with Crippen molar-refractivity contribution in [2.24, 2.45) is 11.8 Å². The zero-order chi connectivity index (χ0) is 26.0. The van der Waals surface area contributed by atoms with E-state index in [2.05, 4.69) is 39.3 Å². The normalized spacial score (nSPS) is 22.8. The summed E-state index contributed by atoms with van der Waals surface area (Å²) in [6, 6.07) is 5.11. The molecule has 0 fully saturated rings. The van der Waals surface area contributed by atoms with Crippen molar-refractivity contribution >= 4 is 44.7 Å². The molecule has 0 saturated heterocycles. The number of benzene rings is 2. The number of anilines is 1. The highest BCUT2D eigenvalue weighted by Gasteiger charge is 2.53. The first kappa shape index (κ1) is 25.5. The Morgan fingerprint density at radius 1 is 1.00 bits per heavy atom. The number of Topliss-reactive ketones (excluding diaryl/α,β-unsaturated/α-hetero) is 2. The Kier molecular flexibility index (Phi) is 6.18. The first-order valence-electron chi connectivity index (χ1n) is 11.9. The van der Waals surface area contributed by atoms with Gasteiger partial charge in [-0.2, -0.15) is 0 Å². The van der Waals surface area contributed by atoms with Crippen molar-refractivity contribution in [1.29, 1.82) is 0 Å². The van der Waals surface area contributed by atoms with Gasteiger partial charge in [0.25, 0.3) is 0 Å². The van der Waals surface area contributed by atoms with Gasteiger partial charge in [-0.25, -0.2) is 0 Å². The van der Waals surface area contributed by atoms with Crippen LogP contribution in [0.5, 0.6) is 11.5 Å². The minimum Gasteiger partial charge on any atom is -0.547 e. The number of fused-ring (bicyclic) bond motifs is 3. The van der Waals surface area contributed by atoms with E-state index in [1.807, 2.05) is 6.92 Å². The van der Waals surface area contributed by atoms with Gasteiger partial charge in [-0.05, 0) is 57.8 Å². The minimum atomic E-state index is -2.12. The maximum Gasteiger partial charge on any atom is 0.241 e. The van der Waals surface area contributed by atoms with E-state index in [-0.39, 0.29) is 34.1 Å². The lowest BCUT2D eigenvalue weighted by molar-refractivity contribution is 0.0488. The SMILES string of the molecule is COc1cccc2c(O)c3c(c(N)c12)C(=O)[C@@H]1[C@@H](CC(O[Si](C)(C)C)=C(C)[C@@H]1O[Si](C)(C)C)C3=O. The lowest BCUT2D eigenvalue weighted by atomic mass is 9.65. The molecule has 0 bridgehead atoms. The summed E-state index contributed by atoms with van der Waals surface area (Å²) in [5.41, 5.74) is 7.63. The van der Waals surface area contributed by atoms with Crippen molar-refractivity contribution in [3.8, 4) is 11.5 Å². The van der Waals surface area contributed by atoms with Gasteiger partial charge in [0.1, 0.15) is 11.5 Å². The standard InChI is InChI=1S/C26H35NO6Si2/c1-13-17(32-34(3,4)5)12-15-19(26(13)33-35(6,7)8)25(30)20-21(24(15)29)23(28)14-10-9-11-16(31-2)18(14)22(20)27/h9-11,15,19,26,28H,12,27H2,1-8H3/t15-,19+,26+/m1/s1. The molecule has 0 radical (unpaired) electrons. The Balaban J connectivity index is 1.98. The fourth-order valence-electron chi connectivity index (χ4n) is 5.27. The van der Waals surface area contributed by atoms with E-state index in [0.717, 1.165) is 11.3 Å². The monoisotopic (exact) mass is 513 g/mol. The van der Waals surface area contributed by atoms with Crippen molar-refractivity contribution in [1.82, 2.24) is 0 Å². The maximum absolute atomic E-state index is 14.1. The third-order valence-corrected chi connectivity index (χ3v) is 8.42. The van der Waals surface area contributed by atoms with E-state index in [1.54, 1.807) is 18.2 Å². The first-order valence-corrected chi connectivity index (χ1v) is 18.7. The van der Waals surface area contributed by atoms with Gasteiger partial charge in [0.15, 0.2) is 19.9 Å². The van der Waals surface area contributed by atoms with Crippen LogP contribution < -0.4 is 10.5 Å². The van der Waals surface area contributed by atoms with Gasteiger partial charge >= 0.3 is 0 Å². The molecule has 0 aliphatic heterocycles. The largest absolute Gasteiger partial charge is 0.547 e. The minimum absolute atomic E-state index is 0.00633. The summed E-state index contributed by atoms with van der Waals surface area (Å²) in [6.45, 7) is 14.4. The second-order valence-electron chi connectivity index (χ2n) is 11.4. The fraction of sp³-hybridized carbons (Fsp3) is 0.462. The highest BCUT2D eigenvalue weighted by Crippen LogP contribution is 2.51. The molecule has 0 amide bonds. The van der Waals surface area contributed by atoms with Crippen LogP contribution in [0.25, 0.3) is 10.8 Å². The molecular weight excluding hydrogens is 478 g/mol. The lowest BCUT2D eigenvalue weighted by Gasteiger charge is -2.44. The number of allylic oxidation sites excluding steroid dienone is 1. The van der Waals surface area contributed by atoms with Gasteiger partial charge in [-0.3, -0.25) is 9.59 Å². The van der Waals surface area contributed by atoms with E-state index < -0.39 is 34.6 Å². The number of rotatable bonds is 5. The molecule has 2 aromatic rings. The van der Waals surface area contributed by atoms with Crippen molar-refractivity contribution in [2.75, 3.05) is 12.8 Å². The van der Waals surface area contributed by atoms with E-state index in [9.17, 15) is 14.7 Å². The summed E-state index contributed by atoms with van der Waals surface area (Å²) < 4.78 is 18.4. The average Bonchev–Trinajstić information content (AvgIpc) is 2.74. The highest BCUT2D eigenvalue weighted by molar-refractivity contribution is 6.70. The Hall–Kier alpha value is -2.63. The number of ether oxygens (including phenoxy) is 1. The molecule has 3 atom stereocenters. The molecule has 7 nitrogen and oxygen atoms in total. The first-order chi connectivity index (χ1) is 16.2. The molecule has 2 aromatic carbocycles. The number of nitrogen functional groups attached to an aromatic ring is 1. The van der Waals surface area contributed by atoms with Gasteiger partial charge in [-0.1, -0.05) is 12.1 Å². The van der Waals surface area contributed by atoms with Crippen LogP contribution in [-0.4, -0.2) is 46.5 Å². The number of nitrogens with two attached hydrogens (primary N) is 1. The second kappa shape index (κ2) is 8.49. The summed E-state index contributed by atoms with van der Waals surface area (Å²) >= 11 is 0. The molecule has 2 aliphatic carbocycles. The van der Waals surface area contributed by atoms with Crippen LogP contribution in [0.3, 0.4) is 0 Å². The molecular formula is C26H35NO6Si2. The number of carbonyl (C=O) groups is 2. The second-order valence-corrected chi connectivity index (χ2v) is 20.3. The number of methoxy groups -OCH3 is 1. The van der Waals surface area contributed by atoms with Crippen molar-refractivity contribution in [3.63, 3.8) is 0 Å². The number of carbonyl (C=O) groups excluding carboxylic acids is 2. The van der Waals surface area contributed by atoms with Gasteiger partial charge in [-0.15, -0.1) is 0 Å². The van der Waals surface area contributed by atoms with E-state index in [4.69, 9.17) is 19.3 Å². The van der Waals surface area contributed by atoms with Gasteiger partial charge in [0.2, 0.25) is 8.32 Å². The zero-order valence-electron chi connectivity index (χ0n) is 21.7. The zero-order valence-corrected chi connectivity index (χ0v) is 23.7. The molecule has 2 aliphatic rings. The molecule has 0 heterocycles. The molecule has 0 saturated carbocycles. The van der Waals surface area contributed by atoms with E-state index in [0.29, 0.717) is 22.9 Å². The topological polar surface area (TPSA) is 108 Å². The number of phenols is 1. The Bertz CT molecular complexity index is 1270. The number of hydrogen-bond donors (Lipinski definition) is 2. The predicted octanol–water partition coefficient (Wildman–Crippen LogP) is 5.50. The number of ketones is 2. The van der Waals surface area contributed by atoms with Gasteiger partial charge in [0.05, 0.1) is 47.1 Å². The number of hydrogen-bond acceptors (Lipinski definition) is 7. The third-order valence-electron chi connectivity index (χ3n) is 6.60. The van der Waals surface area contributed by atoms with E-state index >= 15 is 0 Å². The molecule has 35 heavy (non-hydrogen) atoms. The molecule has 0 aromatic heterocycles. The molecule has 4 rings (SSSR count). The summed E-state index contributed by atoms with van der Waals surface area (Å²) in [5.74, 6) is -1.08.